The number of hydrogen-bond donors (Lipinski definition) is 0. The topological polar surface area (TPSA) is 16.4 Å². The normalized spacial score (nSPS) is 16.6. The molecule has 258 valence electrons. The molecule has 8 aromatic rings. The molecular weight excluding hydrogens is 655 g/mol. The maximum atomic E-state index is 6.77. The summed E-state index contributed by atoms with van der Waals surface area (Å²) in [5, 5.41) is 4.71. The molecule has 0 fully saturated rings. The number of benzene rings is 7. The second kappa shape index (κ2) is 13.7. The van der Waals surface area contributed by atoms with Gasteiger partial charge in [0.2, 0.25) is 0 Å². The number of hydrogen-bond acceptors (Lipinski definition) is 2. The van der Waals surface area contributed by atoms with Crippen molar-refractivity contribution in [1.82, 2.24) is 0 Å². The van der Waals surface area contributed by atoms with E-state index in [1.54, 1.807) is 0 Å². The number of nitrogens with zero attached hydrogens (tertiary/aromatic N) is 1. The third-order valence-electron chi connectivity index (χ3n) is 11.2. The van der Waals surface area contributed by atoms with Crippen LogP contribution in [0, 0.1) is 0 Å². The Labute approximate surface area is 316 Å². The molecule has 2 atom stereocenters. The number of allylic oxidation sites excluding steroid dienone is 8. The summed E-state index contributed by atoms with van der Waals surface area (Å²) < 4.78 is 6.77. The first kappa shape index (κ1) is 32.0. The number of fused-ring (bicyclic) bond motifs is 5. The van der Waals surface area contributed by atoms with Gasteiger partial charge in [-0.15, -0.1) is 0 Å². The van der Waals surface area contributed by atoms with Crippen molar-refractivity contribution in [3.8, 4) is 11.1 Å². The molecule has 1 aromatic heterocycles. The van der Waals surface area contributed by atoms with Crippen molar-refractivity contribution in [2.24, 2.45) is 0 Å². The van der Waals surface area contributed by atoms with Gasteiger partial charge in [-0.05, 0) is 99.5 Å². The van der Waals surface area contributed by atoms with E-state index >= 15 is 0 Å². The lowest BCUT2D eigenvalue weighted by atomic mass is 9.88. The van der Waals surface area contributed by atoms with Gasteiger partial charge in [0.15, 0.2) is 0 Å². The lowest BCUT2D eigenvalue weighted by Crippen LogP contribution is -2.10. The molecule has 10 rings (SSSR count). The molecule has 0 saturated carbocycles. The smallest absolute Gasteiger partial charge is 0.137 e. The summed E-state index contributed by atoms with van der Waals surface area (Å²) in [6.07, 6.45) is 17.9. The van der Waals surface area contributed by atoms with E-state index in [2.05, 4.69) is 205 Å². The van der Waals surface area contributed by atoms with E-state index in [1.807, 2.05) is 0 Å². The van der Waals surface area contributed by atoms with Crippen LogP contribution < -0.4 is 4.90 Å². The molecule has 0 bridgehead atoms. The SMILES string of the molecule is C1=CCC(c2ccc(N(c3ccc(C4=CCC(c5ccccc5)C=C4)cc3)c3ccc4c(c3)oc3cc(-c5ccccc5)c5ccccc5c34)cc2)C=C1. The third-order valence-corrected chi connectivity index (χ3v) is 11.2. The second-order valence-corrected chi connectivity index (χ2v) is 14.4. The Morgan fingerprint density at radius 1 is 0.481 bits per heavy atom. The van der Waals surface area contributed by atoms with E-state index in [0.29, 0.717) is 11.8 Å². The van der Waals surface area contributed by atoms with Crippen LogP contribution in [0.4, 0.5) is 17.1 Å². The molecule has 0 saturated heterocycles. The summed E-state index contributed by atoms with van der Waals surface area (Å²) in [7, 11) is 0. The zero-order chi connectivity index (χ0) is 35.8. The first-order valence-corrected chi connectivity index (χ1v) is 19.0. The Hall–Kier alpha value is -6.64. The summed E-state index contributed by atoms with van der Waals surface area (Å²) in [4.78, 5) is 2.35. The summed E-state index contributed by atoms with van der Waals surface area (Å²) in [5.41, 5.74) is 12.6. The molecule has 2 aliphatic carbocycles. The van der Waals surface area contributed by atoms with Gasteiger partial charge in [-0.3, -0.25) is 0 Å². The van der Waals surface area contributed by atoms with Crippen LogP contribution in [0.2, 0.25) is 0 Å². The average molecular weight is 694 g/mol. The molecule has 2 nitrogen and oxygen atoms in total. The molecule has 0 radical (unpaired) electrons. The van der Waals surface area contributed by atoms with Crippen LogP contribution >= 0.6 is 0 Å². The molecule has 0 N–H and O–H groups in total. The van der Waals surface area contributed by atoms with Gasteiger partial charge in [-0.25, -0.2) is 0 Å². The molecule has 0 spiro atoms. The predicted molar refractivity (Wildman–Crippen MR) is 228 cm³/mol. The van der Waals surface area contributed by atoms with Gasteiger partial charge in [0.25, 0.3) is 0 Å². The van der Waals surface area contributed by atoms with E-state index in [4.69, 9.17) is 4.42 Å². The fourth-order valence-corrected chi connectivity index (χ4v) is 8.35. The van der Waals surface area contributed by atoms with Crippen LogP contribution in [0.3, 0.4) is 0 Å². The molecule has 1 heterocycles. The number of anilines is 3. The third kappa shape index (κ3) is 5.87. The van der Waals surface area contributed by atoms with E-state index in [9.17, 15) is 0 Å². The summed E-state index contributed by atoms with van der Waals surface area (Å²) in [6, 6.07) is 57.1. The molecule has 2 unspecified atom stereocenters. The van der Waals surface area contributed by atoms with Crippen LogP contribution in [-0.2, 0) is 0 Å². The van der Waals surface area contributed by atoms with Crippen molar-refractivity contribution in [2.45, 2.75) is 24.7 Å². The van der Waals surface area contributed by atoms with Crippen LogP contribution in [-0.4, -0.2) is 0 Å². The van der Waals surface area contributed by atoms with Crippen molar-refractivity contribution < 1.29 is 4.42 Å². The minimum Gasteiger partial charge on any atom is -0.456 e. The molecule has 54 heavy (non-hydrogen) atoms. The van der Waals surface area contributed by atoms with E-state index in [1.165, 1.54) is 44.2 Å². The first-order valence-electron chi connectivity index (χ1n) is 19.0. The zero-order valence-corrected chi connectivity index (χ0v) is 30.0. The maximum Gasteiger partial charge on any atom is 0.137 e. The van der Waals surface area contributed by atoms with Gasteiger partial charge in [0, 0.05) is 45.7 Å². The van der Waals surface area contributed by atoms with Crippen LogP contribution in [0.5, 0.6) is 0 Å². The van der Waals surface area contributed by atoms with Crippen LogP contribution in [0.1, 0.15) is 41.4 Å². The highest BCUT2D eigenvalue weighted by Gasteiger charge is 2.20. The highest BCUT2D eigenvalue weighted by Crippen LogP contribution is 2.43. The first-order chi connectivity index (χ1) is 26.8. The van der Waals surface area contributed by atoms with Gasteiger partial charge in [-0.1, -0.05) is 152 Å². The van der Waals surface area contributed by atoms with Gasteiger partial charge in [-0.2, -0.15) is 0 Å². The molecule has 7 aromatic carbocycles. The lowest BCUT2D eigenvalue weighted by molar-refractivity contribution is 0.669. The van der Waals surface area contributed by atoms with Crippen LogP contribution in [0.15, 0.2) is 205 Å². The van der Waals surface area contributed by atoms with E-state index in [-0.39, 0.29) is 0 Å². The van der Waals surface area contributed by atoms with Gasteiger partial charge in [0.1, 0.15) is 11.2 Å². The Balaban J connectivity index is 1.05. The molecule has 2 aliphatic rings. The van der Waals surface area contributed by atoms with Gasteiger partial charge >= 0.3 is 0 Å². The van der Waals surface area contributed by atoms with Gasteiger partial charge < -0.3 is 9.32 Å². The van der Waals surface area contributed by atoms with E-state index < -0.39 is 0 Å². The molecular formula is C52H39NO. The quantitative estimate of drug-likeness (QED) is 0.165. The van der Waals surface area contributed by atoms with Gasteiger partial charge in [0.05, 0.1) is 0 Å². The Morgan fingerprint density at radius 2 is 1.15 bits per heavy atom. The maximum absolute atomic E-state index is 6.77. The standard InChI is InChI=1S/C52H39NO/c1-4-12-36(13-5-1)38-20-22-39(23-21-38)41-26-30-44(31-27-41)53(43-28-24-40(25-29-43)37-14-6-2-7-15-37)45-32-33-48-50(34-45)54-51-35-49(42-16-8-3-9-17-42)46-18-10-11-19-47(46)52(48)51/h1-14,16-20,22-35,37-38H,15,21H2. The number of rotatable bonds is 7. The molecule has 2 heteroatoms. The Morgan fingerprint density at radius 3 is 1.87 bits per heavy atom. The lowest BCUT2D eigenvalue weighted by Gasteiger charge is -2.26. The fraction of sp³-hybridized carbons (Fsp3) is 0.0769. The average Bonchev–Trinajstić information content (AvgIpc) is 3.63. The number of furan rings is 1. The fourth-order valence-electron chi connectivity index (χ4n) is 8.35. The van der Waals surface area contributed by atoms with E-state index in [0.717, 1.165) is 51.8 Å². The predicted octanol–water partition coefficient (Wildman–Crippen LogP) is 14.6. The zero-order valence-electron chi connectivity index (χ0n) is 30.0. The highest BCUT2D eigenvalue weighted by molar-refractivity contribution is 6.22. The minimum absolute atomic E-state index is 0.401. The van der Waals surface area contributed by atoms with Crippen molar-refractivity contribution in [1.29, 1.82) is 0 Å². The second-order valence-electron chi connectivity index (χ2n) is 14.4. The Bertz CT molecular complexity index is 2750. The van der Waals surface area contributed by atoms with Crippen molar-refractivity contribution in [2.75, 3.05) is 4.90 Å². The minimum atomic E-state index is 0.401. The summed E-state index contributed by atoms with van der Waals surface area (Å²) >= 11 is 0. The van der Waals surface area contributed by atoms with Crippen molar-refractivity contribution in [3.05, 3.63) is 217 Å². The highest BCUT2D eigenvalue weighted by atomic mass is 16.3. The Kier molecular flexibility index (Phi) is 8.15. The summed E-state index contributed by atoms with van der Waals surface area (Å²) in [5.74, 6) is 0.821. The van der Waals surface area contributed by atoms with Crippen molar-refractivity contribution in [3.63, 3.8) is 0 Å². The molecule has 0 aliphatic heterocycles. The van der Waals surface area contributed by atoms with Crippen LogP contribution in [0.25, 0.3) is 49.4 Å². The summed E-state index contributed by atoms with van der Waals surface area (Å²) in [6.45, 7) is 0. The molecule has 0 amide bonds. The van der Waals surface area contributed by atoms with Crippen molar-refractivity contribution >= 4 is 55.3 Å². The monoisotopic (exact) mass is 693 g/mol. The largest absolute Gasteiger partial charge is 0.456 e.